The van der Waals surface area contributed by atoms with Crippen LogP contribution in [0.5, 0.6) is 5.75 Å². The lowest BCUT2D eigenvalue weighted by Gasteiger charge is -2.22. The number of carbonyl (C=O) groups is 1. The Labute approximate surface area is 145 Å². The van der Waals surface area contributed by atoms with Gasteiger partial charge in [-0.05, 0) is 74.1 Å². The second-order valence-electron chi connectivity index (χ2n) is 5.86. The van der Waals surface area contributed by atoms with Gasteiger partial charge in [0.2, 0.25) is 0 Å². The van der Waals surface area contributed by atoms with Gasteiger partial charge in [0.15, 0.2) is 6.10 Å². The van der Waals surface area contributed by atoms with Gasteiger partial charge in [-0.25, -0.2) is 0 Å². The summed E-state index contributed by atoms with van der Waals surface area (Å²) in [7, 11) is 0. The van der Waals surface area contributed by atoms with E-state index in [2.05, 4.69) is 27.3 Å². The van der Waals surface area contributed by atoms with Crippen molar-refractivity contribution >= 4 is 27.5 Å². The molecule has 0 bridgehead atoms. The van der Waals surface area contributed by atoms with E-state index >= 15 is 0 Å². The SMILES string of the molecule is C[C@@H](Oc1cccc2c1CCCC2)C(=O)Nc1ccc(Br)cc1. The first-order chi connectivity index (χ1) is 11.1. The van der Waals surface area contributed by atoms with Gasteiger partial charge in [-0.15, -0.1) is 0 Å². The largest absolute Gasteiger partial charge is 0.481 e. The van der Waals surface area contributed by atoms with E-state index in [4.69, 9.17) is 4.74 Å². The van der Waals surface area contributed by atoms with E-state index in [1.54, 1.807) is 6.92 Å². The van der Waals surface area contributed by atoms with Gasteiger partial charge < -0.3 is 10.1 Å². The van der Waals surface area contributed by atoms with Gasteiger partial charge in [0.1, 0.15) is 5.75 Å². The highest BCUT2D eigenvalue weighted by atomic mass is 79.9. The molecule has 0 aromatic heterocycles. The summed E-state index contributed by atoms with van der Waals surface area (Å²) in [5.74, 6) is 0.710. The van der Waals surface area contributed by atoms with Crippen molar-refractivity contribution in [2.24, 2.45) is 0 Å². The van der Waals surface area contributed by atoms with E-state index in [0.717, 1.165) is 28.8 Å². The van der Waals surface area contributed by atoms with E-state index in [0.29, 0.717) is 0 Å². The second kappa shape index (κ2) is 7.18. The third-order valence-corrected chi connectivity index (χ3v) is 4.67. The summed E-state index contributed by atoms with van der Waals surface area (Å²) < 4.78 is 6.93. The molecule has 1 aliphatic rings. The molecule has 0 spiro atoms. The molecular weight excluding hydrogens is 354 g/mol. The molecule has 1 N–H and O–H groups in total. The number of halogens is 1. The van der Waals surface area contributed by atoms with Crippen LogP contribution in [0.15, 0.2) is 46.9 Å². The fraction of sp³-hybridized carbons (Fsp3) is 0.316. The van der Waals surface area contributed by atoms with Gasteiger partial charge in [-0.1, -0.05) is 28.1 Å². The molecular formula is C19H20BrNO2. The molecule has 1 atom stereocenters. The maximum Gasteiger partial charge on any atom is 0.265 e. The predicted octanol–water partition coefficient (Wildman–Crippen LogP) is 4.73. The van der Waals surface area contributed by atoms with E-state index in [9.17, 15) is 4.79 Å². The van der Waals surface area contributed by atoms with Crippen molar-refractivity contribution in [3.63, 3.8) is 0 Å². The third kappa shape index (κ3) is 3.94. The number of hydrogen-bond acceptors (Lipinski definition) is 2. The van der Waals surface area contributed by atoms with Crippen LogP contribution in [0, 0.1) is 0 Å². The Hall–Kier alpha value is -1.81. The zero-order valence-electron chi connectivity index (χ0n) is 13.1. The molecule has 3 nitrogen and oxygen atoms in total. The molecule has 0 heterocycles. The van der Waals surface area contributed by atoms with Crippen molar-refractivity contribution in [3.05, 3.63) is 58.1 Å². The lowest BCUT2D eigenvalue weighted by atomic mass is 9.91. The number of carbonyl (C=O) groups excluding carboxylic acids is 1. The Bertz CT molecular complexity index is 697. The molecule has 0 radical (unpaired) electrons. The fourth-order valence-corrected chi connectivity index (χ4v) is 3.14. The summed E-state index contributed by atoms with van der Waals surface area (Å²) in [4.78, 5) is 12.3. The number of amides is 1. The van der Waals surface area contributed by atoms with Crippen molar-refractivity contribution in [1.29, 1.82) is 0 Å². The molecule has 0 saturated carbocycles. The van der Waals surface area contributed by atoms with E-state index in [-0.39, 0.29) is 5.91 Å². The average Bonchev–Trinajstić information content (AvgIpc) is 2.57. The first kappa shape index (κ1) is 16.1. The van der Waals surface area contributed by atoms with E-state index in [1.807, 2.05) is 36.4 Å². The summed E-state index contributed by atoms with van der Waals surface area (Å²) in [5, 5.41) is 2.88. The monoisotopic (exact) mass is 373 g/mol. The molecule has 4 heteroatoms. The summed E-state index contributed by atoms with van der Waals surface area (Å²) in [6, 6.07) is 13.7. The van der Waals surface area contributed by atoms with Gasteiger partial charge in [0.05, 0.1) is 0 Å². The Balaban J connectivity index is 1.68. The number of anilines is 1. The van der Waals surface area contributed by atoms with Crippen molar-refractivity contribution in [3.8, 4) is 5.75 Å². The smallest absolute Gasteiger partial charge is 0.265 e. The number of nitrogens with one attached hydrogen (secondary N) is 1. The summed E-state index contributed by atoms with van der Waals surface area (Å²) in [6.45, 7) is 1.79. The number of fused-ring (bicyclic) bond motifs is 1. The van der Waals surface area contributed by atoms with Gasteiger partial charge in [-0.2, -0.15) is 0 Å². The molecule has 0 aliphatic heterocycles. The first-order valence-electron chi connectivity index (χ1n) is 7.97. The maximum absolute atomic E-state index is 12.3. The molecule has 1 amide bonds. The molecule has 1 aliphatic carbocycles. The van der Waals surface area contributed by atoms with Crippen LogP contribution in [0.1, 0.15) is 30.9 Å². The van der Waals surface area contributed by atoms with Crippen molar-refractivity contribution < 1.29 is 9.53 Å². The van der Waals surface area contributed by atoms with E-state index < -0.39 is 6.10 Å². The number of rotatable bonds is 4. The van der Waals surface area contributed by atoms with Crippen LogP contribution in [0.2, 0.25) is 0 Å². The number of hydrogen-bond donors (Lipinski definition) is 1. The summed E-state index contributed by atoms with van der Waals surface area (Å²) in [6.07, 6.45) is 4.02. The fourth-order valence-electron chi connectivity index (χ4n) is 2.88. The summed E-state index contributed by atoms with van der Waals surface area (Å²) >= 11 is 3.38. The Morgan fingerprint density at radius 2 is 1.87 bits per heavy atom. The van der Waals surface area contributed by atoms with Crippen molar-refractivity contribution in [1.82, 2.24) is 0 Å². The van der Waals surface area contributed by atoms with Crippen molar-refractivity contribution in [2.45, 2.75) is 38.7 Å². The third-order valence-electron chi connectivity index (χ3n) is 4.14. The molecule has 120 valence electrons. The molecule has 2 aromatic rings. The highest BCUT2D eigenvalue weighted by molar-refractivity contribution is 9.10. The van der Waals surface area contributed by atoms with E-state index in [1.165, 1.54) is 24.0 Å². The molecule has 3 rings (SSSR count). The predicted molar refractivity (Wildman–Crippen MR) is 95.9 cm³/mol. The van der Waals surface area contributed by atoms with Crippen molar-refractivity contribution in [2.75, 3.05) is 5.32 Å². The summed E-state index contributed by atoms with van der Waals surface area (Å²) in [5.41, 5.74) is 3.39. The zero-order valence-corrected chi connectivity index (χ0v) is 14.7. The van der Waals surface area contributed by atoms with Crippen LogP contribution in [-0.2, 0) is 17.6 Å². The van der Waals surface area contributed by atoms with Crippen LogP contribution >= 0.6 is 15.9 Å². The average molecular weight is 374 g/mol. The highest BCUT2D eigenvalue weighted by Gasteiger charge is 2.19. The molecule has 2 aromatic carbocycles. The van der Waals surface area contributed by atoms with Crippen LogP contribution in [0.4, 0.5) is 5.69 Å². The molecule has 23 heavy (non-hydrogen) atoms. The zero-order chi connectivity index (χ0) is 16.2. The highest BCUT2D eigenvalue weighted by Crippen LogP contribution is 2.30. The minimum absolute atomic E-state index is 0.138. The first-order valence-corrected chi connectivity index (χ1v) is 8.76. The Morgan fingerprint density at radius 1 is 1.13 bits per heavy atom. The number of benzene rings is 2. The van der Waals surface area contributed by atoms with Crippen LogP contribution < -0.4 is 10.1 Å². The van der Waals surface area contributed by atoms with Gasteiger partial charge in [0, 0.05) is 10.2 Å². The number of aryl methyl sites for hydroxylation is 1. The molecule has 0 unspecified atom stereocenters. The Morgan fingerprint density at radius 3 is 2.65 bits per heavy atom. The normalized spacial score (nSPS) is 14.7. The quantitative estimate of drug-likeness (QED) is 0.840. The lowest BCUT2D eigenvalue weighted by molar-refractivity contribution is -0.122. The molecule has 0 fully saturated rings. The minimum atomic E-state index is -0.535. The lowest BCUT2D eigenvalue weighted by Crippen LogP contribution is -2.30. The topological polar surface area (TPSA) is 38.3 Å². The van der Waals surface area contributed by atoms with Gasteiger partial charge in [0.25, 0.3) is 5.91 Å². The minimum Gasteiger partial charge on any atom is -0.481 e. The van der Waals surface area contributed by atoms with Gasteiger partial charge in [-0.3, -0.25) is 4.79 Å². The Kier molecular flexibility index (Phi) is 5.01. The van der Waals surface area contributed by atoms with Crippen LogP contribution in [0.25, 0.3) is 0 Å². The molecule has 0 saturated heterocycles. The van der Waals surface area contributed by atoms with Crippen LogP contribution in [0.3, 0.4) is 0 Å². The van der Waals surface area contributed by atoms with Crippen LogP contribution in [-0.4, -0.2) is 12.0 Å². The second-order valence-corrected chi connectivity index (χ2v) is 6.77. The van der Waals surface area contributed by atoms with Gasteiger partial charge >= 0.3 is 0 Å². The number of ether oxygens (including phenoxy) is 1. The maximum atomic E-state index is 12.3. The standard InChI is InChI=1S/C19H20BrNO2/c1-13(19(22)21-16-11-9-15(20)10-12-16)23-18-8-4-6-14-5-2-3-7-17(14)18/h4,6,8-13H,2-3,5,7H2,1H3,(H,21,22)/t13-/m1/s1.